The number of hydrogen-bond donors (Lipinski definition) is 2. The summed E-state index contributed by atoms with van der Waals surface area (Å²) in [6, 6.07) is 17.0. The molecule has 0 spiro atoms. The largest absolute Gasteiger partial charge is 0.466 e. The van der Waals surface area contributed by atoms with E-state index >= 15 is 0 Å². The number of aryl methyl sites for hydroxylation is 1. The van der Waals surface area contributed by atoms with Gasteiger partial charge in [-0.25, -0.2) is 0 Å². The van der Waals surface area contributed by atoms with Gasteiger partial charge in [0.15, 0.2) is 0 Å². The predicted octanol–water partition coefficient (Wildman–Crippen LogP) is 4.71. The normalized spacial score (nSPS) is 10.3. The smallest absolute Gasteiger partial charge is 0.305 e. The maximum atomic E-state index is 12.0. The lowest BCUT2D eigenvalue weighted by molar-refractivity contribution is -0.143. The van der Waals surface area contributed by atoms with Crippen LogP contribution in [0, 0.1) is 0 Å². The lowest BCUT2D eigenvalue weighted by Gasteiger charge is -2.08. The molecule has 6 nitrogen and oxygen atoms in total. The van der Waals surface area contributed by atoms with Crippen LogP contribution in [0.4, 0.5) is 11.4 Å². The minimum atomic E-state index is -0.275. The average molecular weight is 411 g/mol. The van der Waals surface area contributed by atoms with E-state index in [0.717, 1.165) is 19.3 Å². The van der Waals surface area contributed by atoms with E-state index in [2.05, 4.69) is 22.8 Å². The van der Waals surface area contributed by atoms with Gasteiger partial charge in [0, 0.05) is 30.6 Å². The Balaban J connectivity index is 1.57. The fraction of sp³-hybridized carbons (Fsp3) is 0.375. The third kappa shape index (κ3) is 9.37. The summed E-state index contributed by atoms with van der Waals surface area (Å²) in [6.45, 7) is 2.34. The first-order valence-electron chi connectivity index (χ1n) is 10.5. The number of benzene rings is 2. The molecule has 2 aromatic carbocycles. The summed E-state index contributed by atoms with van der Waals surface area (Å²) in [7, 11) is 0. The van der Waals surface area contributed by atoms with Crippen molar-refractivity contribution in [1.82, 2.24) is 0 Å². The molecule has 2 amide bonds. The molecule has 2 aromatic rings. The number of anilines is 2. The molecular formula is C24H30N2O4. The second-order valence-electron chi connectivity index (χ2n) is 7.09. The number of rotatable bonds is 12. The molecule has 30 heavy (non-hydrogen) atoms. The number of esters is 1. The lowest BCUT2D eigenvalue weighted by Crippen LogP contribution is -2.13. The monoisotopic (exact) mass is 410 g/mol. The molecule has 0 aliphatic rings. The maximum absolute atomic E-state index is 12.0. The van der Waals surface area contributed by atoms with Crippen molar-refractivity contribution in [3.05, 3.63) is 60.2 Å². The summed E-state index contributed by atoms with van der Waals surface area (Å²) >= 11 is 0. The van der Waals surface area contributed by atoms with Crippen LogP contribution in [0.5, 0.6) is 0 Å². The number of amides is 2. The molecule has 6 heteroatoms. The number of nitrogens with one attached hydrogen (secondary N) is 2. The number of carbonyl (C=O) groups is 3. The highest BCUT2D eigenvalue weighted by Crippen LogP contribution is 2.14. The zero-order valence-electron chi connectivity index (χ0n) is 17.5. The molecule has 2 rings (SSSR count). The van der Waals surface area contributed by atoms with E-state index in [1.54, 1.807) is 24.3 Å². The van der Waals surface area contributed by atoms with Gasteiger partial charge < -0.3 is 15.4 Å². The molecule has 0 bridgehead atoms. The molecule has 0 fully saturated rings. The fourth-order valence-corrected chi connectivity index (χ4v) is 2.88. The Bertz CT molecular complexity index is 804. The van der Waals surface area contributed by atoms with E-state index in [-0.39, 0.29) is 30.6 Å². The van der Waals surface area contributed by atoms with Crippen LogP contribution in [0.3, 0.4) is 0 Å². The third-order valence-electron chi connectivity index (χ3n) is 4.43. The van der Waals surface area contributed by atoms with E-state index in [9.17, 15) is 14.4 Å². The van der Waals surface area contributed by atoms with Gasteiger partial charge in [-0.15, -0.1) is 0 Å². The van der Waals surface area contributed by atoms with E-state index < -0.39 is 0 Å². The summed E-state index contributed by atoms with van der Waals surface area (Å²) in [4.78, 5) is 35.4. The summed E-state index contributed by atoms with van der Waals surface area (Å²) in [5.74, 6) is -0.459. The Morgan fingerprint density at radius 3 is 1.97 bits per heavy atom. The standard InChI is InChI=1S/C24H30N2O4/c1-2-8-22(27)25-20-14-16-21(17-15-20)26-23(28)12-6-13-24(29)30-18-7-11-19-9-4-3-5-10-19/h3-5,9-10,14-17H,2,6-8,11-13,18H2,1H3,(H,25,27)(H,26,28). The first-order chi connectivity index (χ1) is 14.6. The van der Waals surface area contributed by atoms with Gasteiger partial charge in [0.1, 0.15) is 0 Å². The van der Waals surface area contributed by atoms with Gasteiger partial charge in [0.25, 0.3) is 0 Å². The molecule has 0 saturated heterocycles. The first-order valence-corrected chi connectivity index (χ1v) is 10.5. The molecule has 0 radical (unpaired) electrons. The van der Waals surface area contributed by atoms with Gasteiger partial charge in [-0.05, 0) is 55.5 Å². The molecule has 0 aliphatic heterocycles. The zero-order valence-corrected chi connectivity index (χ0v) is 17.5. The SMILES string of the molecule is CCCC(=O)Nc1ccc(NC(=O)CCCC(=O)OCCCc2ccccc2)cc1. The topological polar surface area (TPSA) is 84.5 Å². The maximum Gasteiger partial charge on any atom is 0.305 e. The molecule has 0 unspecified atom stereocenters. The molecule has 0 atom stereocenters. The van der Waals surface area contributed by atoms with Crippen LogP contribution in [0.2, 0.25) is 0 Å². The van der Waals surface area contributed by atoms with E-state index in [1.807, 2.05) is 25.1 Å². The molecular weight excluding hydrogens is 380 g/mol. The van der Waals surface area contributed by atoms with E-state index in [1.165, 1.54) is 5.56 Å². The van der Waals surface area contributed by atoms with E-state index in [4.69, 9.17) is 4.74 Å². The van der Waals surface area contributed by atoms with Crippen molar-refractivity contribution in [1.29, 1.82) is 0 Å². The fourth-order valence-electron chi connectivity index (χ4n) is 2.88. The van der Waals surface area contributed by atoms with Crippen LogP contribution in [0.25, 0.3) is 0 Å². The third-order valence-corrected chi connectivity index (χ3v) is 4.43. The van der Waals surface area contributed by atoms with Crippen LogP contribution >= 0.6 is 0 Å². The van der Waals surface area contributed by atoms with Crippen LogP contribution in [0.1, 0.15) is 51.0 Å². The van der Waals surface area contributed by atoms with Crippen LogP contribution in [0.15, 0.2) is 54.6 Å². The minimum Gasteiger partial charge on any atom is -0.466 e. The highest BCUT2D eigenvalue weighted by Gasteiger charge is 2.07. The summed E-state index contributed by atoms with van der Waals surface area (Å²) < 4.78 is 5.22. The van der Waals surface area contributed by atoms with Gasteiger partial charge in [0.2, 0.25) is 11.8 Å². The lowest BCUT2D eigenvalue weighted by atomic mass is 10.1. The molecule has 160 valence electrons. The quantitative estimate of drug-likeness (QED) is 0.392. The predicted molar refractivity (Wildman–Crippen MR) is 118 cm³/mol. The summed E-state index contributed by atoms with van der Waals surface area (Å²) in [5.41, 5.74) is 2.57. The van der Waals surface area contributed by atoms with Crippen molar-refractivity contribution < 1.29 is 19.1 Å². The van der Waals surface area contributed by atoms with Crippen molar-refractivity contribution in [2.45, 2.75) is 51.9 Å². The van der Waals surface area contributed by atoms with Crippen molar-refractivity contribution >= 4 is 29.2 Å². The number of ether oxygens (including phenoxy) is 1. The summed E-state index contributed by atoms with van der Waals surface area (Å²) in [6.07, 6.45) is 3.83. The van der Waals surface area contributed by atoms with Gasteiger partial charge in [-0.1, -0.05) is 37.3 Å². The molecule has 0 aromatic heterocycles. The van der Waals surface area contributed by atoms with Crippen molar-refractivity contribution in [2.24, 2.45) is 0 Å². The van der Waals surface area contributed by atoms with Crippen LogP contribution in [-0.4, -0.2) is 24.4 Å². The van der Waals surface area contributed by atoms with Crippen molar-refractivity contribution in [3.8, 4) is 0 Å². The van der Waals surface area contributed by atoms with Gasteiger partial charge in [-0.3, -0.25) is 14.4 Å². The molecule has 0 aliphatic carbocycles. The van der Waals surface area contributed by atoms with E-state index in [0.29, 0.717) is 30.8 Å². The highest BCUT2D eigenvalue weighted by molar-refractivity contribution is 5.93. The number of carbonyl (C=O) groups excluding carboxylic acids is 3. The Kier molecular flexibility index (Phi) is 10.1. The second kappa shape index (κ2) is 13.1. The Morgan fingerprint density at radius 2 is 1.37 bits per heavy atom. The minimum absolute atomic E-state index is 0.0266. The zero-order chi connectivity index (χ0) is 21.6. The Morgan fingerprint density at radius 1 is 0.767 bits per heavy atom. The average Bonchev–Trinajstić information content (AvgIpc) is 2.73. The number of hydrogen-bond acceptors (Lipinski definition) is 4. The van der Waals surface area contributed by atoms with Gasteiger partial charge in [-0.2, -0.15) is 0 Å². The summed E-state index contributed by atoms with van der Waals surface area (Å²) in [5, 5.41) is 5.59. The second-order valence-corrected chi connectivity index (χ2v) is 7.09. The van der Waals surface area contributed by atoms with Crippen LogP contribution < -0.4 is 10.6 Å². The molecule has 0 saturated carbocycles. The van der Waals surface area contributed by atoms with Crippen molar-refractivity contribution in [2.75, 3.05) is 17.2 Å². The van der Waals surface area contributed by atoms with Gasteiger partial charge >= 0.3 is 5.97 Å². The van der Waals surface area contributed by atoms with Gasteiger partial charge in [0.05, 0.1) is 6.61 Å². The van der Waals surface area contributed by atoms with Crippen molar-refractivity contribution in [3.63, 3.8) is 0 Å². The first kappa shape index (κ1) is 23.1. The highest BCUT2D eigenvalue weighted by atomic mass is 16.5. The Hall–Kier alpha value is -3.15. The Labute approximate surface area is 178 Å². The van der Waals surface area contributed by atoms with Crippen LogP contribution in [-0.2, 0) is 25.5 Å². The molecule has 0 heterocycles. The molecule has 2 N–H and O–H groups in total.